The Labute approximate surface area is 165 Å². The normalized spacial score (nSPS) is 18.8. The summed E-state index contributed by atoms with van der Waals surface area (Å²) >= 11 is 0.890. The number of anilines is 1. The quantitative estimate of drug-likeness (QED) is 0.784. The van der Waals surface area contributed by atoms with E-state index < -0.39 is 22.4 Å². The molecule has 0 radical (unpaired) electrons. The first-order valence-corrected chi connectivity index (χ1v) is 9.64. The number of nitrogens with one attached hydrogen (secondary N) is 1. The standard InChI is InChI=1S/C20H17N3O4S/c1-12-6-8-13(9-7-12)21-16-19(26)23(20(27)28-16)11-10-22-17(24)14-4-2-3-5-15(14)18(22)25/h2-9,16,21H,10-11H2,1H3. The maximum Gasteiger partial charge on any atom is 0.290 e. The fraction of sp³-hybridized carbons (Fsp3) is 0.200. The van der Waals surface area contributed by atoms with Gasteiger partial charge in [0, 0.05) is 18.8 Å². The maximum absolute atomic E-state index is 12.6. The molecule has 7 nitrogen and oxygen atoms in total. The number of nitrogens with zero attached hydrogens (tertiary/aromatic N) is 2. The van der Waals surface area contributed by atoms with E-state index in [1.165, 1.54) is 0 Å². The van der Waals surface area contributed by atoms with Gasteiger partial charge in [-0.25, -0.2) is 0 Å². The van der Waals surface area contributed by atoms with Crippen molar-refractivity contribution in [1.29, 1.82) is 0 Å². The van der Waals surface area contributed by atoms with E-state index in [-0.39, 0.29) is 19.0 Å². The molecule has 2 aliphatic rings. The third-order valence-corrected chi connectivity index (χ3v) is 5.68. The lowest BCUT2D eigenvalue weighted by atomic mass is 10.1. The second-order valence-electron chi connectivity index (χ2n) is 6.57. The molecule has 2 aliphatic heterocycles. The molecule has 2 aromatic rings. The van der Waals surface area contributed by atoms with Crippen molar-refractivity contribution >= 4 is 40.4 Å². The summed E-state index contributed by atoms with van der Waals surface area (Å²) in [4.78, 5) is 51.8. The van der Waals surface area contributed by atoms with Crippen LogP contribution in [-0.4, -0.2) is 51.2 Å². The van der Waals surface area contributed by atoms with Crippen LogP contribution in [-0.2, 0) is 4.79 Å². The van der Waals surface area contributed by atoms with Gasteiger partial charge in [0.25, 0.3) is 23.0 Å². The van der Waals surface area contributed by atoms with Crippen molar-refractivity contribution in [1.82, 2.24) is 9.80 Å². The highest BCUT2D eigenvalue weighted by atomic mass is 32.2. The Hall–Kier alpha value is -3.13. The molecule has 1 saturated heterocycles. The van der Waals surface area contributed by atoms with Crippen molar-refractivity contribution in [2.75, 3.05) is 18.4 Å². The third-order valence-electron chi connectivity index (χ3n) is 4.70. The molecule has 142 valence electrons. The second kappa shape index (κ2) is 7.12. The van der Waals surface area contributed by atoms with Crippen LogP contribution >= 0.6 is 11.8 Å². The van der Waals surface area contributed by atoms with Gasteiger partial charge in [0.15, 0.2) is 5.37 Å². The van der Waals surface area contributed by atoms with E-state index in [9.17, 15) is 19.2 Å². The zero-order chi connectivity index (χ0) is 19.8. The summed E-state index contributed by atoms with van der Waals surface area (Å²) < 4.78 is 0. The minimum Gasteiger partial charge on any atom is -0.365 e. The number of carbonyl (C=O) groups excluding carboxylic acids is 4. The first-order valence-electron chi connectivity index (χ1n) is 8.76. The zero-order valence-electron chi connectivity index (χ0n) is 15.0. The fourth-order valence-corrected chi connectivity index (χ4v) is 4.12. The molecule has 0 aromatic heterocycles. The van der Waals surface area contributed by atoms with E-state index in [0.717, 1.165) is 32.8 Å². The molecule has 4 amide bonds. The van der Waals surface area contributed by atoms with Crippen molar-refractivity contribution in [3.05, 3.63) is 65.2 Å². The maximum atomic E-state index is 12.6. The molecule has 1 fully saturated rings. The van der Waals surface area contributed by atoms with Crippen LogP contribution in [0.4, 0.5) is 10.5 Å². The summed E-state index contributed by atoms with van der Waals surface area (Å²) in [6, 6.07) is 14.1. The van der Waals surface area contributed by atoms with E-state index >= 15 is 0 Å². The van der Waals surface area contributed by atoms with Gasteiger partial charge < -0.3 is 5.32 Å². The van der Waals surface area contributed by atoms with Crippen LogP contribution < -0.4 is 5.32 Å². The Morgan fingerprint density at radius 3 is 2.04 bits per heavy atom. The van der Waals surface area contributed by atoms with Gasteiger partial charge in [0.2, 0.25) is 0 Å². The lowest BCUT2D eigenvalue weighted by Crippen LogP contribution is -2.41. The number of fused-ring (bicyclic) bond motifs is 1. The van der Waals surface area contributed by atoms with Gasteiger partial charge in [-0.1, -0.05) is 29.8 Å². The second-order valence-corrected chi connectivity index (χ2v) is 7.63. The molecule has 0 saturated carbocycles. The van der Waals surface area contributed by atoms with E-state index in [1.807, 2.05) is 31.2 Å². The highest BCUT2D eigenvalue weighted by Crippen LogP contribution is 2.29. The van der Waals surface area contributed by atoms with Gasteiger partial charge in [-0.2, -0.15) is 0 Å². The molecule has 0 bridgehead atoms. The number of benzene rings is 2. The lowest BCUT2D eigenvalue weighted by Gasteiger charge is -2.19. The van der Waals surface area contributed by atoms with Crippen LogP contribution in [0, 0.1) is 6.92 Å². The summed E-state index contributed by atoms with van der Waals surface area (Å²) in [5.74, 6) is -1.18. The van der Waals surface area contributed by atoms with E-state index in [1.54, 1.807) is 24.3 Å². The number of thioether (sulfide) groups is 1. The molecular formula is C20H17N3O4S. The third kappa shape index (κ3) is 3.16. The number of amides is 4. The topological polar surface area (TPSA) is 86.8 Å². The molecule has 0 aliphatic carbocycles. The summed E-state index contributed by atoms with van der Waals surface area (Å²) in [6.45, 7) is 1.91. The van der Waals surface area contributed by atoms with E-state index in [2.05, 4.69) is 5.32 Å². The van der Waals surface area contributed by atoms with Crippen LogP contribution in [0.15, 0.2) is 48.5 Å². The lowest BCUT2D eigenvalue weighted by molar-refractivity contribution is -0.126. The first-order chi connectivity index (χ1) is 13.5. The van der Waals surface area contributed by atoms with Crippen LogP contribution in [0.1, 0.15) is 26.3 Å². The minimum atomic E-state index is -0.725. The molecule has 1 unspecified atom stereocenters. The number of aryl methyl sites for hydroxylation is 1. The van der Waals surface area contributed by atoms with Gasteiger partial charge in [-0.05, 0) is 43.0 Å². The first kappa shape index (κ1) is 18.2. The predicted molar refractivity (Wildman–Crippen MR) is 105 cm³/mol. The van der Waals surface area contributed by atoms with Gasteiger partial charge in [0.1, 0.15) is 0 Å². The van der Waals surface area contributed by atoms with Crippen LogP contribution in [0.2, 0.25) is 0 Å². The van der Waals surface area contributed by atoms with Crippen molar-refractivity contribution in [2.45, 2.75) is 12.3 Å². The van der Waals surface area contributed by atoms with E-state index in [0.29, 0.717) is 11.1 Å². The van der Waals surface area contributed by atoms with Crippen molar-refractivity contribution < 1.29 is 19.2 Å². The summed E-state index contributed by atoms with van der Waals surface area (Å²) in [5, 5.41) is 1.92. The van der Waals surface area contributed by atoms with Gasteiger partial charge in [-0.3, -0.25) is 29.0 Å². The molecule has 2 heterocycles. The highest BCUT2D eigenvalue weighted by Gasteiger charge is 2.41. The Morgan fingerprint density at radius 2 is 1.43 bits per heavy atom. The number of hydrogen-bond donors (Lipinski definition) is 1. The van der Waals surface area contributed by atoms with E-state index in [4.69, 9.17) is 0 Å². The van der Waals surface area contributed by atoms with Gasteiger partial charge in [-0.15, -0.1) is 0 Å². The highest BCUT2D eigenvalue weighted by molar-refractivity contribution is 8.15. The molecular weight excluding hydrogens is 378 g/mol. The van der Waals surface area contributed by atoms with Crippen LogP contribution in [0.5, 0.6) is 0 Å². The van der Waals surface area contributed by atoms with Crippen molar-refractivity contribution in [3.63, 3.8) is 0 Å². The molecule has 0 spiro atoms. The predicted octanol–water partition coefficient (Wildman–Crippen LogP) is 2.72. The zero-order valence-corrected chi connectivity index (χ0v) is 15.9. The number of hydrogen-bond acceptors (Lipinski definition) is 6. The summed E-state index contributed by atoms with van der Waals surface area (Å²) in [6.07, 6.45) is 0. The summed E-state index contributed by atoms with van der Waals surface area (Å²) in [7, 11) is 0. The Bertz CT molecular complexity index is 954. The minimum absolute atomic E-state index is 0.0256. The fourth-order valence-electron chi connectivity index (χ4n) is 3.18. The Kier molecular flexibility index (Phi) is 4.64. The van der Waals surface area contributed by atoms with Crippen molar-refractivity contribution in [3.8, 4) is 0 Å². The average Bonchev–Trinajstić information content (AvgIpc) is 3.09. The van der Waals surface area contributed by atoms with Crippen molar-refractivity contribution in [2.24, 2.45) is 0 Å². The number of carbonyl (C=O) groups is 4. The monoisotopic (exact) mass is 395 g/mol. The van der Waals surface area contributed by atoms with Gasteiger partial charge in [0.05, 0.1) is 11.1 Å². The van der Waals surface area contributed by atoms with Crippen LogP contribution in [0.3, 0.4) is 0 Å². The molecule has 8 heteroatoms. The molecule has 1 atom stereocenters. The Morgan fingerprint density at radius 1 is 0.857 bits per heavy atom. The largest absolute Gasteiger partial charge is 0.365 e. The van der Waals surface area contributed by atoms with Gasteiger partial charge >= 0.3 is 0 Å². The smallest absolute Gasteiger partial charge is 0.290 e. The molecule has 28 heavy (non-hydrogen) atoms. The van der Waals surface area contributed by atoms with Crippen LogP contribution in [0.25, 0.3) is 0 Å². The average molecular weight is 395 g/mol. The number of rotatable bonds is 5. The number of imide groups is 2. The molecule has 1 N–H and O–H groups in total. The molecule has 4 rings (SSSR count). The SMILES string of the molecule is Cc1ccc(NC2SC(=O)N(CCN3C(=O)c4ccccc4C3=O)C2=O)cc1. The molecule has 2 aromatic carbocycles. The Balaban J connectivity index is 1.41. The summed E-state index contributed by atoms with van der Waals surface area (Å²) in [5.41, 5.74) is 2.53.